The number of cyclic esters (lactones) is 1. The number of hydrogen-bond donors (Lipinski definition) is 2. The number of benzene rings is 2. The maximum atomic E-state index is 12.9. The summed E-state index contributed by atoms with van der Waals surface area (Å²) in [5.41, 5.74) is 1.81. The van der Waals surface area contributed by atoms with E-state index in [1.54, 1.807) is 42.5 Å². The van der Waals surface area contributed by atoms with Crippen LogP contribution in [0.4, 0.5) is 10.5 Å². The van der Waals surface area contributed by atoms with E-state index >= 15 is 0 Å². The third-order valence-electron chi connectivity index (χ3n) is 4.94. The number of carbonyl (C=O) groups is 3. The van der Waals surface area contributed by atoms with Crippen LogP contribution in [0.2, 0.25) is 5.02 Å². The molecule has 2 aromatic rings. The van der Waals surface area contributed by atoms with Crippen LogP contribution < -0.4 is 15.4 Å². The molecule has 2 aliphatic rings. The van der Waals surface area contributed by atoms with Crippen LogP contribution in [0.25, 0.3) is 0 Å². The summed E-state index contributed by atoms with van der Waals surface area (Å²) >= 11 is 5.94. The molecule has 0 saturated carbocycles. The van der Waals surface area contributed by atoms with E-state index in [1.165, 1.54) is 4.90 Å². The molecule has 0 bridgehead atoms. The van der Waals surface area contributed by atoms with Gasteiger partial charge in [-0.25, -0.2) is 9.59 Å². The number of urea groups is 1. The Morgan fingerprint density at radius 3 is 2.84 bits per heavy atom. The number of amides is 3. The number of nitrogens with one attached hydrogen (secondary N) is 2. The summed E-state index contributed by atoms with van der Waals surface area (Å²) in [4.78, 5) is 39.2. The Morgan fingerprint density at radius 1 is 1.26 bits per heavy atom. The number of hydrogen-bond acceptors (Lipinski definition) is 5. The molecule has 9 heteroatoms. The van der Waals surface area contributed by atoms with Crippen LogP contribution in [0.1, 0.15) is 18.5 Å². The zero-order chi connectivity index (χ0) is 22.0. The molecule has 2 heterocycles. The van der Waals surface area contributed by atoms with Crippen molar-refractivity contribution in [2.24, 2.45) is 0 Å². The Morgan fingerprint density at radius 2 is 2.06 bits per heavy atom. The second-order valence-corrected chi connectivity index (χ2v) is 7.37. The molecule has 0 unspecified atom stereocenters. The molecule has 0 fully saturated rings. The van der Waals surface area contributed by atoms with E-state index in [9.17, 15) is 14.4 Å². The molecular weight excluding hydrogens is 422 g/mol. The van der Waals surface area contributed by atoms with Gasteiger partial charge in [-0.15, -0.1) is 0 Å². The van der Waals surface area contributed by atoms with Gasteiger partial charge in [-0.05, 0) is 31.2 Å². The Hall–Kier alpha value is -3.52. The lowest BCUT2D eigenvalue weighted by atomic mass is 9.95. The van der Waals surface area contributed by atoms with E-state index in [0.717, 1.165) is 0 Å². The van der Waals surface area contributed by atoms with Crippen molar-refractivity contribution in [2.75, 3.05) is 25.1 Å². The van der Waals surface area contributed by atoms with Crippen LogP contribution in [0, 0.1) is 0 Å². The van der Waals surface area contributed by atoms with Gasteiger partial charge in [0.25, 0.3) is 0 Å². The minimum atomic E-state index is -0.729. The number of anilines is 1. The lowest BCUT2D eigenvalue weighted by Crippen LogP contribution is -2.49. The summed E-state index contributed by atoms with van der Waals surface area (Å²) < 4.78 is 10.9. The Balaban J connectivity index is 1.62. The van der Waals surface area contributed by atoms with Crippen molar-refractivity contribution in [3.05, 3.63) is 70.4 Å². The average Bonchev–Trinajstić information content (AvgIpc) is 3.12. The van der Waals surface area contributed by atoms with Crippen LogP contribution in [0.15, 0.2) is 59.8 Å². The number of carbonyl (C=O) groups excluding carboxylic acids is 3. The van der Waals surface area contributed by atoms with E-state index in [0.29, 0.717) is 39.9 Å². The molecule has 2 N–H and O–H groups in total. The molecule has 160 valence electrons. The summed E-state index contributed by atoms with van der Waals surface area (Å²) in [5, 5.41) is 5.98. The number of esters is 1. The van der Waals surface area contributed by atoms with Crippen LogP contribution in [-0.4, -0.2) is 42.6 Å². The molecule has 4 rings (SSSR count). The first-order valence-corrected chi connectivity index (χ1v) is 10.1. The highest BCUT2D eigenvalue weighted by molar-refractivity contribution is 6.30. The molecule has 1 atom stereocenters. The lowest BCUT2D eigenvalue weighted by Gasteiger charge is -2.33. The molecule has 3 amide bonds. The van der Waals surface area contributed by atoms with Gasteiger partial charge in [0.15, 0.2) is 0 Å². The van der Waals surface area contributed by atoms with Gasteiger partial charge in [0.05, 0.1) is 23.9 Å². The number of nitrogens with zero attached hydrogens (tertiary/aromatic N) is 1. The molecule has 2 aliphatic heterocycles. The minimum absolute atomic E-state index is 0.0840. The lowest BCUT2D eigenvalue weighted by molar-refractivity contribution is -0.136. The van der Waals surface area contributed by atoms with Crippen molar-refractivity contribution in [3.8, 4) is 5.75 Å². The molecule has 0 saturated heterocycles. The van der Waals surface area contributed by atoms with Gasteiger partial charge in [0.1, 0.15) is 18.9 Å². The predicted octanol–water partition coefficient (Wildman–Crippen LogP) is 3.25. The first-order chi connectivity index (χ1) is 15.0. The third kappa shape index (κ3) is 4.20. The van der Waals surface area contributed by atoms with E-state index < -0.39 is 23.9 Å². The van der Waals surface area contributed by atoms with E-state index in [2.05, 4.69) is 10.6 Å². The smallest absolute Gasteiger partial charge is 0.338 e. The summed E-state index contributed by atoms with van der Waals surface area (Å²) in [6, 6.07) is 12.6. The SMILES string of the molecule is CCOc1ccccc1[C@H]1NC(=O)N(CC(=O)Nc2cccc(Cl)c2)C2=C1C(=O)OC2. The second-order valence-electron chi connectivity index (χ2n) is 6.93. The number of para-hydroxylation sites is 1. The van der Waals surface area contributed by atoms with Crippen molar-refractivity contribution in [2.45, 2.75) is 13.0 Å². The third-order valence-corrected chi connectivity index (χ3v) is 5.17. The van der Waals surface area contributed by atoms with Gasteiger partial charge in [0.2, 0.25) is 5.91 Å². The highest BCUT2D eigenvalue weighted by atomic mass is 35.5. The fourth-order valence-electron chi connectivity index (χ4n) is 3.63. The summed E-state index contributed by atoms with van der Waals surface area (Å²) in [7, 11) is 0. The van der Waals surface area contributed by atoms with Gasteiger partial charge in [0, 0.05) is 16.3 Å². The maximum Gasteiger partial charge on any atom is 0.338 e. The molecular formula is C22H20ClN3O5. The first kappa shape index (κ1) is 20.7. The highest BCUT2D eigenvalue weighted by Gasteiger charge is 2.43. The van der Waals surface area contributed by atoms with Gasteiger partial charge in [-0.3, -0.25) is 9.69 Å². The van der Waals surface area contributed by atoms with Crippen molar-refractivity contribution in [1.29, 1.82) is 0 Å². The van der Waals surface area contributed by atoms with Crippen LogP contribution in [0.5, 0.6) is 5.75 Å². The largest absolute Gasteiger partial charge is 0.494 e. The highest BCUT2D eigenvalue weighted by Crippen LogP contribution is 2.38. The van der Waals surface area contributed by atoms with E-state index in [4.69, 9.17) is 21.1 Å². The normalized spacial score (nSPS) is 17.7. The Kier molecular flexibility index (Phi) is 5.81. The summed E-state index contributed by atoms with van der Waals surface area (Å²) in [6.07, 6.45) is 0. The number of halogens is 1. The van der Waals surface area contributed by atoms with Crippen molar-refractivity contribution in [1.82, 2.24) is 10.2 Å². The van der Waals surface area contributed by atoms with Gasteiger partial charge in [-0.1, -0.05) is 35.9 Å². The molecule has 0 spiro atoms. The van der Waals surface area contributed by atoms with Crippen LogP contribution >= 0.6 is 11.6 Å². The Labute approximate surface area is 183 Å². The fraction of sp³-hybridized carbons (Fsp3) is 0.227. The molecule has 0 radical (unpaired) electrons. The van der Waals surface area contributed by atoms with E-state index in [-0.39, 0.29) is 13.2 Å². The first-order valence-electron chi connectivity index (χ1n) is 9.73. The van der Waals surface area contributed by atoms with Crippen molar-refractivity contribution < 1.29 is 23.9 Å². The fourth-order valence-corrected chi connectivity index (χ4v) is 3.82. The zero-order valence-electron chi connectivity index (χ0n) is 16.7. The average molecular weight is 442 g/mol. The second kappa shape index (κ2) is 8.69. The van der Waals surface area contributed by atoms with Gasteiger partial charge < -0.3 is 20.1 Å². The van der Waals surface area contributed by atoms with Gasteiger partial charge >= 0.3 is 12.0 Å². The topological polar surface area (TPSA) is 97.0 Å². The van der Waals surface area contributed by atoms with Gasteiger partial charge in [-0.2, -0.15) is 0 Å². The standard InChI is InChI=1S/C22H20ClN3O5/c1-2-30-17-9-4-3-8-15(17)20-19-16(12-31-21(19)28)26(22(29)25-20)11-18(27)24-14-7-5-6-13(23)10-14/h3-10,20H,2,11-12H2,1H3,(H,24,27)(H,25,29)/t20-/m1/s1. The quantitative estimate of drug-likeness (QED) is 0.671. The van der Waals surface area contributed by atoms with Crippen LogP contribution in [-0.2, 0) is 14.3 Å². The monoisotopic (exact) mass is 441 g/mol. The zero-order valence-corrected chi connectivity index (χ0v) is 17.4. The van der Waals surface area contributed by atoms with Crippen molar-refractivity contribution in [3.63, 3.8) is 0 Å². The predicted molar refractivity (Wildman–Crippen MR) is 114 cm³/mol. The maximum absolute atomic E-state index is 12.9. The molecule has 0 aromatic heterocycles. The van der Waals surface area contributed by atoms with Crippen molar-refractivity contribution >= 4 is 35.2 Å². The minimum Gasteiger partial charge on any atom is -0.494 e. The summed E-state index contributed by atoms with van der Waals surface area (Å²) in [5.74, 6) is -0.405. The number of rotatable bonds is 6. The molecule has 8 nitrogen and oxygen atoms in total. The molecule has 31 heavy (non-hydrogen) atoms. The van der Waals surface area contributed by atoms with E-state index in [1.807, 2.05) is 13.0 Å². The Bertz CT molecular complexity index is 1080. The number of ether oxygens (including phenoxy) is 2. The molecule has 2 aromatic carbocycles. The summed E-state index contributed by atoms with van der Waals surface area (Å²) in [6.45, 7) is 1.92. The molecule has 0 aliphatic carbocycles. The van der Waals surface area contributed by atoms with Crippen LogP contribution in [0.3, 0.4) is 0 Å².